The minimum absolute atomic E-state index is 0.0153. The molecule has 0 aromatic rings. The molecule has 9 fully saturated rings. The van der Waals surface area contributed by atoms with E-state index in [1.165, 1.54) is 6.92 Å². The highest BCUT2D eigenvalue weighted by Crippen LogP contribution is 2.86. The monoisotopic (exact) mass is 367 g/mol. The molecule has 0 radical (unpaired) electrons. The third kappa shape index (κ3) is 1.25. The summed E-state index contributed by atoms with van der Waals surface area (Å²) in [6.45, 7) is 8.94. The van der Waals surface area contributed by atoms with Gasteiger partial charge in [0.25, 0.3) is 0 Å². The summed E-state index contributed by atoms with van der Waals surface area (Å²) >= 11 is 0. The molecule has 9 bridgehead atoms. The van der Waals surface area contributed by atoms with Crippen LogP contribution in [-0.2, 0) is 19.1 Å². The van der Waals surface area contributed by atoms with Gasteiger partial charge in [0.05, 0.1) is 5.92 Å². The SMILES string of the molecule is C=C1C[C@]23C[C@H]4[C@@H]5[C@@]6(C)CC(=O)C[C@]57C(C2C(=O)[C@H]1[C@@H](OC(C)=O)[C@H]37)N4C6. The summed E-state index contributed by atoms with van der Waals surface area (Å²) in [6.07, 6.45) is 2.75. The first-order chi connectivity index (χ1) is 12.7. The van der Waals surface area contributed by atoms with E-state index in [1.807, 2.05) is 0 Å². The van der Waals surface area contributed by atoms with Gasteiger partial charge in [-0.25, -0.2) is 0 Å². The Morgan fingerprint density at radius 3 is 2.74 bits per heavy atom. The molecule has 0 N–H and O–H groups in total. The molecule has 5 heteroatoms. The first-order valence-electron chi connectivity index (χ1n) is 10.4. The van der Waals surface area contributed by atoms with Crippen LogP contribution in [0, 0.1) is 39.9 Å². The summed E-state index contributed by atoms with van der Waals surface area (Å²) in [5, 5.41) is 0. The van der Waals surface area contributed by atoms with Crippen molar-refractivity contribution in [2.75, 3.05) is 6.54 Å². The minimum Gasteiger partial charge on any atom is -0.461 e. The average molecular weight is 367 g/mol. The zero-order valence-electron chi connectivity index (χ0n) is 15.9. The molecule has 27 heavy (non-hydrogen) atoms. The maximum Gasteiger partial charge on any atom is 0.302 e. The normalized spacial score (nSPS) is 63.3. The van der Waals surface area contributed by atoms with Crippen LogP contribution in [0.1, 0.15) is 39.5 Å². The van der Waals surface area contributed by atoms with Crippen LogP contribution < -0.4 is 0 Å². The second-order valence-corrected chi connectivity index (χ2v) is 11.0. The zero-order chi connectivity index (χ0) is 18.7. The van der Waals surface area contributed by atoms with Crippen LogP contribution in [0.15, 0.2) is 12.2 Å². The fourth-order valence-corrected chi connectivity index (χ4v) is 10.4. The van der Waals surface area contributed by atoms with Crippen LogP contribution in [0.5, 0.6) is 0 Å². The van der Waals surface area contributed by atoms with Gasteiger partial charge in [0.1, 0.15) is 17.7 Å². The summed E-state index contributed by atoms with van der Waals surface area (Å²) in [5.74, 6) is 0.561. The second kappa shape index (κ2) is 3.96. The van der Waals surface area contributed by atoms with Crippen molar-refractivity contribution < 1.29 is 19.1 Å². The molecule has 3 aliphatic heterocycles. The minimum atomic E-state index is -0.408. The van der Waals surface area contributed by atoms with Gasteiger partial charge in [-0.3, -0.25) is 19.3 Å². The fourth-order valence-electron chi connectivity index (χ4n) is 10.4. The fraction of sp³-hybridized carbons (Fsp3) is 0.773. The van der Waals surface area contributed by atoms with E-state index in [4.69, 9.17) is 4.74 Å². The van der Waals surface area contributed by atoms with Crippen LogP contribution in [0.3, 0.4) is 0 Å². The first-order valence-corrected chi connectivity index (χ1v) is 10.4. The number of hydrogen-bond donors (Lipinski definition) is 0. The van der Waals surface area contributed by atoms with Crippen molar-refractivity contribution in [3.8, 4) is 0 Å². The summed E-state index contributed by atoms with van der Waals surface area (Å²) in [4.78, 5) is 41.2. The zero-order valence-corrected chi connectivity index (χ0v) is 15.9. The number of piperidine rings is 2. The van der Waals surface area contributed by atoms with Crippen LogP contribution in [-0.4, -0.2) is 47.2 Å². The van der Waals surface area contributed by atoms with Gasteiger partial charge >= 0.3 is 5.97 Å². The Hall–Kier alpha value is -1.49. The smallest absolute Gasteiger partial charge is 0.302 e. The molecule has 9 rings (SSSR count). The number of nitrogens with zero attached hydrogens (tertiary/aromatic N) is 1. The highest BCUT2D eigenvalue weighted by Gasteiger charge is 2.91. The number of hydrogen-bond acceptors (Lipinski definition) is 5. The Kier molecular flexibility index (Phi) is 2.26. The van der Waals surface area contributed by atoms with Gasteiger partial charge in [0, 0.05) is 55.6 Å². The van der Waals surface area contributed by atoms with Crippen molar-refractivity contribution in [3.63, 3.8) is 0 Å². The summed E-state index contributed by atoms with van der Waals surface area (Å²) in [6, 6.07) is 0.682. The van der Waals surface area contributed by atoms with Crippen LogP contribution in [0.4, 0.5) is 0 Å². The summed E-state index contributed by atoms with van der Waals surface area (Å²) in [5.41, 5.74) is 0.690. The molecule has 3 unspecified atom stereocenters. The predicted octanol–water partition coefficient (Wildman–Crippen LogP) is 1.75. The van der Waals surface area contributed by atoms with E-state index in [-0.39, 0.29) is 51.8 Å². The second-order valence-electron chi connectivity index (χ2n) is 11.0. The summed E-state index contributed by atoms with van der Waals surface area (Å²) < 4.78 is 5.91. The lowest BCUT2D eigenvalue weighted by Crippen LogP contribution is -2.67. The average Bonchev–Trinajstić information content (AvgIpc) is 2.95. The maximum absolute atomic E-state index is 13.7. The Morgan fingerprint density at radius 1 is 1.22 bits per heavy atom. The van der Waals surface area contributed by atoms with Crippen LogP contribution in [0.2, 0.25) is 0 Å². The molecule has 0 amide bonds. The molecule has 142 valence electrons. The van der Waals surface area contributed by atoms with Gasteiger partial charge in [0.15, 0.2) is 0 Å². The molecule has 5 nitrogen and oxygen atoms in total. The van der Waals surface area contributed by atoms with Crippen molar-refractivity contribution in [1.29, 1.82) is 0 Å². The van der Waals surface area contributed by atoms with Crippen LogP contribution >= 0.6 is 0 Å². The number of carbonyl (C=O) groups excluding carboxylic acids is 3. The van der Waals surface area contributed by atoms with E-state index in [2.05, 4.69) is 18.4 Å². The van der Waals surface area contributed by atoms with Crippen LogP contribution in [0.25, 0.3) is 0 Å². The Bertz CT molecular complexity index is 895. The number of ether oxygens (including phenoxy) is 1. The Balaban J connectivity index is 1.52. The predicted molar refractivity (Wildman–Crippen MR) is 94.4 cm³/mol. The number of fused-ring (bicyclic) bond motifs is 1. The van der Waals surface area contributed by atoms with Crippen molar-refractivity contribution >= 4 is 17.5 Å². The molecule has 0 aromatic heterocycles. The summed E-state index contributed by atoms with van der Waals surface area (Å²) in [7, 11) is 0. The van der Waals surface area contributed by atoms with Gasteiger partial charge in [-0.15, -0.1) is 0 Å². The largest absolute Gasteiger partial charge is 0.461 e. The molecule has 2 spiro atoms. The highest BCUT2D eigenvalue weighted by molar-refractivity contribution is 5.94. The molecular formula is C22H25NO4. The van der Waals surface area contributed by atoms with Crippen molar-refractivity contribution in [2.45, 2.75) is 57.7 Å². The van der Waals surface area contributed by atoms with E-state index in [0.29, 0.717) is 30.6 Å². The number of rotatable bonds is 1. The van der Waals surface area contributed by atoms with E-state index < -0.39 is 6.10 Å². The number of carbonyl (C=O) groups is 3. The lowest BCUT2D eigenvalue weighted by atomic mass is 9.40. The van der Waals surface area contributed by atoms with Crippen molar-refractivity contribution in [2.24, 2.45) is 39.9 Å². The molecule has 6 aliphatic carbocycles. The van der Waals surface area contributed by atoms with Gasteiger partial charge in [-0.2, -0.15) is 0 Å². The van der Waals surface area contributed by atoms with Crippen molar-refractivity contribution in [3.05, 3.63) is 12.2 Å². The quantitative estimate of drug-likeness (QED) is 0.522. The number of Topliss-reactive ketones (excluding diaryl/α,β-unsaturated/α-hetero) is 2. The molecule has 6 saturated carbocycles. The van der Waals surface area contributed by atoms with Crippen molar-refractivity contribution in [1.82, 2.24) is 4.90 Å². The molecule has 0 aromatic carbocycles. The first kappa shape index (κ1) is 15.4. The molecular weight excluding hydrogens is 342 g/mol. The highest BCUT2D eigenvalue weighted by atomic mass is 16.5. The molecule has 11 atom stereocenters. The molecule has 3 saturated heterocycles. The third-order valence-electron chi connectivity index (χ3n) is 9.99. The van der Waals surface area contributed by atoms with Gasteiger partial charge in [-0.05, 0) is 29.6 Å². The Morgan fingerprint density at radius 2 is 2.00 bits per heavy atom. The van der Waals surface area contributed by atoms with Gasteiger partial charge in [0.2, 0.25) is 0 Å². The maximum atomic E-state index is 13.7. The molecule has 9 aliphatic rings. The lowest BCUT2D eigenvalue weighted by molar-refractivity contribution is -0.196. The topological polar surface area (TPSA) is 63.7 Å². The van der Waals surface area contributed by atoms with E-state index in [1.54, 1.807) is 0 Å². The standard InChI is InChI=1S/C22H25NO4/c1-9-4-21-7-12-17-20(3)5-11(25)6-22(17)18(21)16(27-10(2)24)13(9)15(26)14(21)19(22)23(12)8-20/h12-14,16-19H,1,4-8H2,2-3H3/t12-,13-,14?,16+,17+,18+,19?,20-,21-,22-/m0/s1. The lowest BCUT2D eigenvalue weighted by Gasteiger charge is -2.63. The van der Waals surface area contributed by atoms with Gasteiger partial charge < -0.3 is 4.74 Å². The number of esters is 1. The van der Waals surface area contributed by atoms with E-state index in [9.17, 15) is 14.4 Å². The Labute approximate surface area is 158 Å². The van der Waals surface area contributed by atoms with Gasteiger partial charge in [-0.1, -0.05) is 19.1 Å². The third-order valence-corrected chi connectivity index (χ3v) is 9.99. The number of ketones is 2. The molecule has 3 heterocycles. The van der Waals surface area contributed by atoms with E-state index in [0.717, 1.165) is 25.0 Å². The van der Waals surface area contributed by atoms with E-state index >= 15 is 0 Å².